The summed E-state index contributed by atoms with van der Waals surface area (Å²) in [5, 5.41) is 10.8. The van der Waals surface area contributed by atoms with Crippen molar-refractivity contribution in [1.29, 1.82) is 0 Å². The molecule has 0 atom stereocenters. The van der Waals surface area contributed by atoms with Crippen LogP contribution in [0.25, 0.3) is 0 Å². The zero-order valence-electron chi connectivity index (χ0n) is 10.7. The Morgan fingerprint density at radius 2 is 1.95 bits per heavy atom. The van der Waals surface area contributed by atoms with Crippen LogP contribution in [0.1, 0.15) is 5.69 Å². The molecule has 0 amide bonds. The largest absolute Gasteiger partial charge is 0.481 e. The van der Waals surface area contributed by atoms with Crippen LogP contribution in [0.15, 0.2) is 20.9 Å². The van der Waals surface area contributed by atoms with Gasteiger partial charge in [0.15, 0.2) is 4.34 Å². The molecule has 0 aliphatic carbocycles. The van der Waals surface area contributed by atoms with Gasteiger partial charge in [-0.25, -0.2) is 4.98 Å². The molecule has 0 spiro atoms. The molecule has 9 heteroatoms. The number of aliphatic carboxylic acids is 1. The van der Waals surface area contributed by atoms with E-state index >= 15 is 0 Å². The molecule has 2 rings (SSSR count). The number of carboxylic acid groups (broad SMARTS) is 1. The quantitative estimate of drug-likeness (QED) is 0.806. The fourth-order valence-corrected chi connectivity index (χ4v) is 2.98. The van der Waals surface area contributed by atoms with E-state index in [1.807, 2.05) is 0 Å². The zero-order chi connectivity index (χ0) is 14.5. The van der Waals surface area contributed by atoms with Gasteiger partial charge < -0.3 is 14.6 Å². The van der Waals surface area contributed by atoms with Gasteiger partial charge in [0.1, 0.15) is 0 Å². The third kappa shape index (κ3) is 3.81. The lowest BCUT2D eigenvalue weighted by atomic mass is 10.3. The number of ether oxygens (including phenoxy) is 2. The van der Waals surface area contributed by atoms with Crippen LogP contribution in [0.3, 0.4) is 0 Å². The second-order valence-electron chi connectivity index (χ2n) is 3.51. The number of methoxy groups -OCH3 is 2. The standard InChI is InChI=1S/C11H11N3O4S2/c1-17-7-4-8(18-2)14-10(13-7)20-11-12-6(5-19-11)3-9(15)16/h4-5H,3H2,1-2H3,(H,15,16). The number of nitrogens with zero attached hydrogens (tertiary/aromatic N) is 3. The summed E-state index contributed by atoms with van der Waals surface area (Å²) < 4.78 is 10.8. The molecule has 0 aliphatic heterocycles. The van der Waals surface area contributed by atoms with E-state index in [-0.39, 0.29) is 6.42 Å². The van der Waals surface area contributed by atoms with Crippen molar-refractivity contribution in [2.75, 3.05) is 14.2 Å². The molecule has 2 aromatic heterocycles. The Labute approximate surface area is 123 Å². The molecule has 0 saturated carbocycles. The molecule has 0 aliphatic rings. The zero-order valence-corrected chi connectivity index (χ0v) is 12.3. The van der Waals surface area contributed by atoms with Crippen LogP contribution in [-0.4, -0.2) is 40.2 Å². The molecule has 2 heterocycles. The minimum Gasteiger partial charge on any atom is -0.481 e. The third-order valence-corrected chi connectivity index (χ3v) is 3.97. The van der Waals surface area contributed by atoms with E-state index in [2.05, 4.69) is 15.0 Å². The summed E-state index contributed by atoms with van der Waals surface area (Å²) in [6.45, 7) is 0. The van der Waals surface area contributed by atoms with Crippen molar-refractivity contribution in [3.63, 3.8) is 0 Å². The third-order valence-electron chi connectivity index (χ3n) is 2.12. The van der Waals surface area contributed by atoms with Crippen molar-refractivity contribution in [2.45, 2.75) is 15.9 Å². The van der Waals surface area contributed by atoms with Gasteiger partial charge in [0, 0.05) is 5.38 Å². The Bertz CT molecular complexity index is 595. The van der Waals surface area contributed by atoms with Crippen LogP contribution >= 0.6 is 23.1 Å². The van der Waals surface area contributed by atoms with E-state index in [4.69, 9.17) is 14.6 Å². The Kier molecular flexibility index (Phi) is 4.74. The number of carbonyl (C=O) groups is 1. The van der Waals surface area contributed by atoms with Gasteiger partial charge >= 0.3 is 5.97 Å². The maximum Gasteiger partial charge on any atom is 0.309 e. The predicted octanol–water partition coefficient (Wildman–Crippen LogP) is 1.73. The van der Waals surface area contributed by atoms with Crippen LogP contribution in [0.4, 0.5) is 0 Å². The summed E-state index contributed by atoms with van der Waals surface area (Å²) in [6, 6.07) is 1.57. The van der Waals surface area contributed by atoms with Crippen LogP contribution in [0.2, 0.25) is 0 Å². The highest BCUT2D eigenvalue weighted by atomic mass is 32.2. The summed E-state index contributed by atoms with van der Waals surface area (Å²) in [5.74, 6) is -0.130. The average Bonchev–Trinajstić information content (AvgIpc) is 2.84. The summed E-state index contributed by atoms with van der Waals surface area (Å²) in [7, 11) is 3.01. The maximum absolute atomic E-state index is 10.6. The average molecular weight is 313 g/mol. The van der Waals surface area contributed by atoms with Crippen LogP contribution in [-0.2, 0) is 11.2 Å². The summed E-state index contributed by atoms with van der Waals surface area (Å²) in [5.41, 5.74) is 0.514. The Hall–Kier alpha value is -1.87. The number of rotatable bonds is 6. The molecule has 1 N–H and O–H groups in total. The van der Waals surface area contributed by atoms with Gasteiger partial charge in [-0.1, -0.05) is 0 Å². The number of hydrogen-bond acceptors (Lipinski definition) is 8. The molecule has 2 aromatic rings. The second kappa shape index (κ2) is 6.53. The highest BCUT2D eigenvalue weighted by Crippen LogP contribution is 2.30. The van der Waals surface area contributed by atoms with Gasteiger partial charge in [-0.2, -0.15) is 9.97 Å². The lowest BCUT2D eigenvalue weighted by Gasteiger charge is -2.04. The van der Waals surface area contributed by atoms with Crippen LogP contribution in [0, 0.1) is 0 Å². The Balaban J connectivity index is 2.16. The van der Waals surface area contributed by atoms with Crippen molar-refractivity contribution in [2.24, 2.45) is 0 Å². The van der Waals surface area contributed by atoms with Crippen molar-refractivity contribution < 1.29 is 19.4 Å². The fourth-order valence-electron chi connectivity index (χ4n) is 1.29. The molecule has 0 bridgehead atoms. The maximum atomic E-state index is 10.6. The van der Waals surface area contributed by atoms with Crippen molar-refractivity contribution >= 4 is 29.1 Å². The lowest BCUT2D eigenvalue weighted by Crippen LogP contribution is -2.00. The van der Waals surface area contributed by atoms with Gasteiger partial charge in [-0.15, -0.1) is 11.3 Å². The van der Waals surface area contributed by atoms with Gasteiger partial charge in [-0.05, 0) is 11.8 Å². The molecule has 0 saturated heterocycles. The van der Waals surface area contributed by atoms with E-state index in [1.54, 1.807) is 11.4 Å². The lowest BCUT2D eigenvalue weighted by molar-refractivity contribution is -0.136. The summed E-state index contributed by atoms with van der Waals surface area (Å²) in [4.78, 5) is 23.1. The van der Waals surface area contributed by atoms with Crippen LogP contribution < -0.4 is 9.47 Å². The molecular weight excluding hydrogens is 302 g/mol. The van der Waals surface area contributed by atoms with E-state index in [0.29, 0.717) is 26.9 Å². The first-order chi connectivity index (χ1) is 9.60. The first-order valence-corrected chi connectivity index (χ1v) is 7.11. The SMILES string of the molecule is COc1cc(OC)nc(Sc2nc(CC(=O)O)cs2)n1. The summed E-state index contributed by atoms with van der Waals surface area (Å²) in [6.07, 6.45) is -0.0979. The molecular formula is C11H11N3O4S2. The Morgan fingerprint density at radius 3 is 2.50 bits per heavy atom. The van der Waals surface area contributed by atoms with Crippen molar-refractivity contribution in [1.82, 2.24) is 15.0 Å². The number of aromatic nitrogens is 3. The van der Waals surface area contributed by atoms with E-state index in [0.717, 1.165) is 0 Å². The second-order valence-corrected chi connectivity index (χ2v) is 5.59. The monoisotopic (exact) mass is 313 g/mol. The predicted molar refractivity (Wildman–Crippen MR) is 72.7 cm³/mol. The first-order valence-electron chi connectivity index (χ1n) is 5.42. The first kappa shape index (κ1) is 14.5. The van der Waals surface area contributed by atoms with E-state index in [1.165, 1.54) is 37.3 Å². The molecule has 0 unspecified atom stereocenters. The number of thiazole rings is 1. The topological polar surface area (TPSA) is 94.4 Å². The smallest absolute Gasteiger partial charge is 0.309 e. The van der Waals surface area contributed by atoms with E-state index in [9.17, 15) is 4.79 Å². The summed E-state index contributed by atoms with van der Waals surface area (Å²) >= 11 is 2.57. The number of hydrogen-bond donors (Lipinski definition) is 1. The highest BCUT2D eigenvalue weighted by molar-refractivity contribution is 8.00. The van der Waals surface area contributed by atoms with Gasteiger partial charge in [0.05, 0.1) is 32.4 Å². The molecule has 0 fully saturated rings. The normalized spacial score (nSPS) is 10.3. The van der Waals surface area contributed by atoms with Gasteiger partial charge in [0.2, 0.25) is 16.9 Å². The molecule has 0 radical (unpaired) electrons. The van der Waals surface area contributed by atoms with Crippen molar-refractivity contribution in [3.8, 4) is 11.8 Å². The minimum absolute atomic E-state index is 0.0979. The molecule has 0 aromatic carbocycles. The van der Waals surface area contributed by atoms with Crippen molar-refractivity contribution in [3.05, 3.63) is 17.1 Å². The van der Waals surface area contributed by atoms with Crippen LogP contribution in [0.5, 0.6) is 11.8 Å². The van der Waals surface area contributed by atoms with Gasteiger partial charge in [0.25, 0.3) is 0 Å². The minimum atomic E-state index is -0.911. The molecule has 7 nitrogen and oxygen atoms in total. The van der Waals surface area contributed by atoms with E-state index < -0.39 is 5.97 Å². The molecule has 106 valence electrons. The Morgan fingerprint density at radius 1 is 1.30 bits per heavy atom. The molecule has 20 heavy (non-hydrogen) atoms. The van der Waals surface area contributed by atoms with Gasteiger partial charge in [-0.3, -0.25) is 4.79 Å². The highest BCUT2D eigenvalue weighted by Gasteiger charge is 2.11. The number of carboxylic acids is 1. The fraction of sp³-hybridized carbons (Fsp3) is 0.273.